The van der Waals surface area contributed by atoms with Gasteiger partial charge in [0, 0.05) is 31.9 Å². The van der Waals surface area contributed by atoms with Gasteiger partial charge in [0.25, 0.3) is 0 Å². The van der Waals surface area contributed by atoms with Crippen LogP contribution < -0.4 is 0 Å². The summed E-state index contributed by atoms with van der Waals surface area (Å²) in [5, 5.41) is 7.51. The first kappa shape index (κ1) is 34.3. The van der Waals surface area contributed by atoms with E-state index in [-0.39, 0.29) is 5.41 Å². The molecule has 2 nitrogen and oxygen atoms in total. The van der Waals surface area contributed by atoms with Crippen LogP contribution in [0, 0.1) is 0 Å². The lowest BCUT2D eigenvalue weighted by molar-refractivity contribution is 0.549. The molecule has 1 aliphatic heterocycles. The monoisotopic (exact) mass is 770 g/mol. The van der Waals surface area contributed by atoms with E-state index in [9.17, 15) is 0 Å². The highest BCUT2D eigenvalue weighted by molar-refractivity contribution is 7.99. The summed E-state index contributed by atoms with van der Waals surface area (Å²) >= 11 is 1.87. The maximum atomic E-state index is 5.37. The summed E-state index contributed by atoms with van der Waals surface area (Å²) in [5.74, 6) is 0.712. The second-order valence-corrected chi connectivity index (χ2v) is 17.5. The van der Waals surface area contributed by atoms with E-state index in [0.29, 0.717) is 5.82 Å². The summed E-state index contributed by atoms with van der Waals surface area (Å²) in [4.78, 5) is 13.2. The second-order valence-electron chi connectivity index (χ2n) is 16.5. The van der Waals surface area contributed by atoms with Gasteiger partial charge in [-0.05, 0) is 96.0 Å². The van der Waals surface area contributed by atoms with Gasteiger partial charge in [-0.25, -0.2) is 9.97 Å². The van der Waals surface area contributed by atoms with Gasteiger partial charge in [0.1, 0.15) is 0 Å². The van der Waals surface area contributed by atoms with Crippen molar-refractivity contribution in [3.05, 3.63) is 228 Å². The van der Waals surface area contributed by atoms with E-state index in [0.717, 1.165) is 28.1 Å². The summed E-state index contributed by atoms with van der Waals surface area (Å²) in [5.41, 5.74) is 12.3. The maximum Gasteiger partial charge on any atom is 0.160 e. The fraction of sp³-hybridized carbons (Fsp3) is 0.0714. The molecule has 0 fully saturated rings. The number of fused-ring (bicyclic) bond motifs is 14. The lowest BCUT2D eigenvalue weighted by Crippen LogP contribution is -2.43. The Balaban J connectivity index is 1.12. The van der Waals surface area contributed by atoms with Crippen LogP contribution in [-0.4, -0.2) is 9.97 Å². The van der Waals surface area contributed by atoms with Crippen molar-refractivity contribution in [1.29, 1.82) is 0 Å². The van der Waals surface area contributed by atoms with Gasteiger partial charge >= 0.3 is 0 Å². The molecule has 1 aliphatic carbocycles. The minimum absolute atomic E-state index is 0.167. The van der Waals surface area contributed by atoms with Crippen LogP contribution in [0.15, 0.2) is 204 Å². The first-order valence-corrected chi connectivity index (χ1v) is 21.2. The third-order valence-electron chi connectivity index (χ3n) is 13.0. The first-order valence-electron chi connectivity index (χ1n) is 20.4. The molecule has 2 aliphatic rings. The quantitative estimate of drug-likeness (QED) is 0.167. The third-order valence-corrected chi connectivity index (χ3v) is 14.1. The zero-order chi connectivity index (χ0) is 39.3. The molecule has 0 saturated carbocycles. The number of rotatable bonds is 3. The Bertz CT molecular complexity index is 3260. The Morgan fingerprint density at radius 2 is 0.797 bits per heavy atom. The number of hydrogen-bond acceptors (Lipinski definition) is 3. The third kappa shape index (κ3) is 4.95. The molecule has 12 rings (SSSR count). The van der Waals surface area contributed by atoms with E-state index < -0.39 is 5.41 Å². The van der Waals surface area contributed by atoms with Gasteiger partial charge < -0.3 is 0 Å². The average Bonchev–Trinajstić information content (AvgIpc) is 3.30. The van der Waals surface area contributed by atoms with Crippen molar-refractivity contribution in [3.63, 3.8) is 0 Å². The number of aromatic nitrogens is 2. The molecule has 59 heavy (non-hydrogen) atoms. The molecule has 1 aromatic heterocycles. The smallest absolute Gasteiger partial charge is 0.160 e. The molecule has 0 radical (unpaired) electrons. The van der Waals surface area contributed by atoms with Gasteiger partial charge in [-0.1, -0.05) is 189 Å². The lowest BCUT2D eigenvalue weighted by Gasteiger charge is -2.50. The van der Waals surface area contributed by atoms with Crippen LogP contribution in [0.4, 0.5) is 0 Å². The van der Waals surface area contributed by atoms with Crippen LogP contribution in [0.2, 0.25) is 0 Å². The van der Waals surface area contributed by atoms with Crippen LogP contribution in [0.3, 0.4) is 0 Å². The van der Waals surface area contributed by atoms with Gasteiger partial charge in [-0.2, -0.15) is 0 Å². The summed E-state index contributed by atoms with van der Waals surface area (Å²) < 4.78 is 0. The molecular weight excluding hydrogens is 733 g/mol. The van der Waals surface area contributed by atoms with Crippen LogP contribution in [0.5, 0.6) is 0 Å². The Labute approximate surface area is 348 Å². The second kappa shape index (κ2) is 12.8. The average molecular weight is 771 g/mol. The van der Waals surface area contributed by atoms with Crippen LogP contribution in [-0.2, 0) is 10.8 Å². The van der Waals surface area contributed by atoms with Crippen LogP contribution >= 0.6 is 11.8 Å². The van der Waals surface area contributed by atoms with Gasteiger partial charge in [-0.15, -0.1) is 0 Å². The lowest BCUT2D eigenvalue weighted by atomic mass is 9.54. The highest BCUT2D eigenvalue weighted by Gasteiger charge is 2.52. The van der Waals surface area contributed by atoms with Crippen molar-refractivity contribution in [3.8, 4) is 33.9 Å². The van der Waals surface area contributed by atoms with Crippen molar-refractivity contribution in [1.82, 2.24) is 9.97 Å². The summed E-state index contributed by atoms with van der Waals surface area (Å²) in [6.45, 7) is 4.76. The van der Waals surface area contributed by atoms with Gasteiger partial charge in [0.05, 0.1) is 16.8 Å². The fourth-order valence-corrected chi connectivity index (χ4v) is 11.5. The predicted octanol–water partition coefficient (Wildman–Crippen LogP) is 14.4. The van der Waals surface area contributed by atoms with Gasteiger partial charge in [0.15, 0.2) is 5.82 Å². The predicted molar refractivity (Wildman–Crippen MR) is 245 cm³/mol. The van der Waals surface area contributed by atoms with Gasteiger partial charge in [-0.3, -0.25) is 0 Å². The van der Waals surface area contributed by atoms with E-state index in [4.69, 9.17) is 9.97 Å². The van der Waals surface area contributed by atoms with Crippen molar-refractivity contribution in [2.24, 2.45) is 0 Å². The molecule has 3 heteroatoms. The number of hydrogen-bond donors (Lipinski definition) is 0. The standard InChI is InChI=1S/C56H38N2S/c1-55(2)44-22-10-12-24-46(44)56(47-25-13-11-23-45(47)55)48-26-14-15-27-52(48)59-53-31-29-37(33-49(53)56)51-34-50(57-54(58-51)35-16-4-3-5-17-35)36-28-30-42-40-20-7-6-18-38(40)39-19-8-9-21-41(39)43(42)32-36/h3-34H,1-2H3. The minimum atomic E-state index is -0.518. The highest BCUT2D eigenvalue weighted by atomic mass is 32.2. The molecule has 0 bridgehead atoms. The Kier molecular flexibility index (Phi) is 7.46. The SMILES string of the molecule is CC1(C)c2ccccc2C2(c3ccccc3Sc3ccc(-c4cc(-c5ccc6c7ccccc7c7ccccc7c6c5)nc(-c5ccccc5)n4)cc32)c2ccccc21. The highest BCUT2D eigenvalue weighted by Crippen LogP contribution is 2.61. The van der Waals surface area contributed by atoms with Crippen molar-refractivity contribution in [2.75, 3.05) is 0 Å². The van der Waals surface area contributed by atoms with Crippen molar-refractivity contribution < 1.29 is 0 Å². The Morgan fingerprint density at radius 3 is 1.42 bits per heavy atom. The molecular formula is C56H38N2S. The van der Waals surface area contributed by atoms with E-state index in [1.54, 1.807) is 0 Å². The molecule has 10 aromatic rings. The molecule has 0 N–H and O–H groups in total. The van der Waals surface area contributed by atoms with E-state index in [1.807, 2.05) is 17.8 Å². The van der Waals surface area contributed by atoms with Crippen molar-refractivity contribution >= 4 is 44.1 Å². The Hall–Kier alpha value is -6.81. The summed E-state index contributed by atoms with van der Waals surface area (Å²) in [6.07, 6.45) is 0. The Morgan fingerprint density at radius 1 is 0.339 bits per heavy atom. The summed E-state index contributed by atoms with van der Waals surface area (Å²) in [6, 6.07) is 71.3. The van der Waals surface area contributed by atoms with E-state index in [1.165, 1.54) is 75.5 Å². The molecule has 278 valence electrons. The fourth-order valence-electron chi connectivity index (χ4n) is 10.3. The van der Waals surface area contributed by atoms with E-state index in [2.05, 4.69) is 202 Å². The molecule has 0 unspecified atom stereocenters. The van der Waals surface area contributed by atoms with E-state index >= 15 is 0 Å². The zero-order valence-electron chi connectivity index (χ0n) is 32.8. The topological polar surface area (TPSA) is 25.8 Å². The minimum Gasteiger partial charge on any atom is -0.228 e. The van der Waals surface area contributed by atoms with Crippen LogP contribution in [0.25, 0.3) is 66.2 Å². The molecule has 0 saturated heterocycles. The molecule has 9 aromatic carbocycles. The van der Waals surface area contributed by atoms with Gasteiger partial charge in [0.2, 0.25) is 0 Å². The molecule has 2 heterocycles. The first-order chi connectivity index (χ1) is 29.0. The number of nitrogens with zero attached hydrogens (tertiary/aromatic N) is 2. The number of benzene rings is 9. The molecule has 0 amide bonds. The van der Waals surface area contributed by atoms with Crippen molar-refractivity contribution in [2.45, 2.75) is 34.5 Å². The molecule has 0 atom stereocenters. The van der Waals surface area contributed by atoms with Crippen LogP contribution in [0.1, 0.15) is 47.2 Å². The normalized spacial score (nSPS) is 14.5. The molecule has 1 spiro atoms. The zero-order valence-corrected chi connectivity index (χ0v) is 33.6. The summed E-state index contributed by atoms with van der Waals surface area (Å²) in [7, 11) is 0. The maximum absolute atomic E-state index is 5.37. The largest absolute Gasteiger partial charge is 0.228 e.